The van der Waals surface area contributed by atoms with Crippen LogP contribution in [0.2, 0.25) is 5.15 Å². The summed E-state index contributed by atoms with van der Waals surface area (Å²) in [5, 5.41) is 21.9. The third-order valence-electron chi connectivity index (χ3n) is 2.83. The number of hydrogen-bond donors (Lipinski definition) is 1. The molecule has 1 saturated carbocycles. The van der Waals surface area contributed by atoms with Crippen molar-refractivity contribution in [1.82, 2.24) is 10.3 Å². The number of carbonyl (C=O) groups is 1. The predicted molar refractivity (Wildman–Crippen MR) is 65.5 cm³/mol. The van der Waals surface area contributed by atoms with Crippen LogP contribution in [0.1, 0.15) is 23.2 Å². The first-order valence-corrected chi connectivity index (χ1v) is 5.91. The highest BCUT2D eigenvalue weighted by molar-refractivity contribution is 6.32. The molecule has 98 valence electrons. The summed E-state index contributed by atoms with van der Waals surface area (Å²) in [6.07, 6.45) is 2.96. The highest BCUT2D eigenvalue weighted by Gasteiger charge is 2.34. The molecule has 0 saturated heterocycles. The molecule has 8 heteroatoms. The van der Waals surface area contributed by atoms with Crippen LogP contribution in [0.4, 0.5) is 5.69 Å². The monoisotopic (exact) mass is 280 g/mol. The van der Waals surface area contributed by atoms with Crippen LogP contribution in [-0.2, 0) is 0 Å². The van der Waals surface area contributed by atoms with E-state index in [1.165, 1.54) is 12.3 Å². The fourth-order valence-electron chi connectivity index (χ4n) is 1.69. The third-order valence-corrected chi connectivity index (χ3v) is 3.10. The second-order valence-electron chi connectivity index (χ2n) is 4.17. The van der Waals surface area contributed by atoms with Crippen molar-refractivity contribution >= 4 is 23.2 Å². The first-order chi connectivity index (χ1) is 9.04. The van der Waals surface area contributed by atoms with E-state index < -0.39 is 22.6 Å². The van der Waals surface area contributed by atoms with Crippen LogP contribution in [0.15, 0.2) is 12.3 Å². The van der Waals surface area contributed by atoms with Crippen LogP contribution >= 0.6 is 11.6 Å². The van der Waals surface area contributed by atoms with Crippen molar-refractivity contribution in [2.24, 2.45) is 5.92 Å². The van der Waals surface area contributed by atoms with Gasteiger partial charge in [-0.05, 0) is 24.8 Å². The first kappa shape index (κ1) is 13.2. The van der Waals surface area contributed by atoms with E-state index in [0.29, 0.717) is 0 Å². The SMILES string of the molecule is N#CC(NC(=O)c1ccnc(Cl)c1[N+](=O)[O-])C1CC1. The number of halogens is 1. The zero-order chi connectivity index (χ0) is 14.0. The zero-order valence-corrected chi connectivity index (χ0v) is 10.4. The third kappa shape index (κ3) is 2.80. The van der Waals surface area contributed by atoms with Crippen molar-refractivity contribution in [1.29, 1.82) is 5.26 Å². The Labute approximate surface area is 113 Å². The summed E-state index contributed by atoms with van der Waals surface area (Å²) in [5.41, 5.74) is -0.736. The molecule has 0 bridgehead atoms. The minimum Gasteiger partial charge on any atom is -0.336 e. The zero-order valence-electron chi connectivity index (χ0n) is 9.67. The van der Waals surface area contributed by atoms with E-state index in [1.807, 2.05) is 6.07 Å². The van der Waals surface area contributed by atoms with E-state index in [4.69, 9.17) is 16.9 Å². The maximum atomic E-state index is 12.0. The molecule has 1 unspecified atom stereocenters. The summed E-state index contributed by atoms with van der Waals surface area (Å²) >= 11 is 5.62. The minimum absolute atomic E-state index is 0.130. The lowest BCUT2D eigenvalue weighted by Crippen LogP contribution is -2.35. The quantitative estimate of drug-likeness (QED) is 0.512. The number of aromatic nitrogens is 1. The molecule has 1 fully saturated rings. The number of pyridine rings is 1. The Morgan fingerprint density at radius 2 is 2.37 bits per heavy atom. The standard InChI is InChI=1S/C11H9ClN4O3/c12-10-9(16(18)19)7(3-4-14-10)11(17)15-8(5-13)6-1-2-6/h3-4,6,8H,1-2H2,(H,15,17). The maximum absolute atomic E-state index is 12.0. The minimum atomic E-state index is -0.761. The molecule has 0 aliphatic heterocycles. The molecule has 0 spiro atoms. The lowest BCUT2D eigenvalue weighted by molar-refractivity contribution is -0.385. The molecule has 2 rings (SSSR count). The lowest BCUT2D eigenvalue weighted by atomic mass is 10.1. The highest BCUT2D eigenvalue weighted by Crippen LogP contribution is 2.33. The Balaban J connectivity index is 2.26. The topological polar surface area (TPSA) is 109 Å². The van der Waals surface area contributed by atoms with Gasteiger partial charge in [-0.3, -0.25) is 14.9 Å². The van der Waals surface area contributed by atoms with Gasteiger partial charge in [0.25, 0.3) is 5.91 Å². The number of nitrogens with one attached hydrogen (secondary N) is 1. The summed E-state index contributed by atoms with van der Waals surface area (Å²) in [5.74, 6) is -0.556. The lowest BCUT2D eigenvalue weighted by Gasteiger charge is -2.10. The van der Waals surface area contributed by atoms with Gasteiger partial charge in [0.1, 0.15) is 11.6 Å². The number of nitrogens with zero attached hydrogens (tertiary/aromatic N) is 3. The summed E-state index contributed by atoms with van der Waals surface area (Å²) < 4.78 is 0. The van der Waals surface area contributed by atoms with Gasteiger partial charge in [0, 0.05) is 6.20 Å². The summed E-state index contributed by atoms with van der Waals surface area (Å²) in [6, 6.07) is 2.56. The predicted octanol–water partition coefficient (Wildman–Crippen LogP) is 1.68. The Bertz CT molecular complexity index is 580. The normalized spacial score (nSPS) is 15.4. The number of nitro groups is 1. The molecule has 1 aromatic heterocycles. The van der Waals surface area contributed by atoms with E-state index in [9.17, 15) is 14.9 Å². The van der Waals surface area contributed by atoms with Gasteiger partial charge in [0.05, 0.1) is 11.0 Å². The average molecular weight is 281 g/mol. The summed E-state index contributed by atoms with van der Waals surface area (Å²) in [4.78, 5) is 25.7. The van der Waals surface area contributed by atoms with Gasteiger partial charge in [-0.2, -0.15) is 5.26 Å². The van der Waals surface area contributed by atoms with E-state index >= 15 is 0 Å². The molecule has 1 aromatic rings. The average Bonchev–Trinajstić information content (AvgIpc) is 3.19. The molecular formula is C11H9ClN4O3. The van der Waals surface area contributed by atoms with Gasteiger partial charge >= 0.3 is 5.69 Å². The molecule has 1 amide bonds. The highest BCUT2D eigenvalue weighted by atomic mass is 35.5. The molecule has 7 nitrogen and oxygen atoms in total. The van der Waals surface area contributed by atoms with Crippen LogP contribution < -0.4 is 5.32 Å². The number of carbonyl (C=O) groups excluding carboxylic acids is 1. The largest absolute Gasteiger partial charge is 0.336 e. The fourth-order valence-corrected chi connectivity index (χ4v) is 1.92. The van der Waals surface area contributed by atoms with Gasteiger partial charge in [-0.25, -0.2) is 4.98 Å². The number of hydrogen-bond acceptors (Lipinski definition) is 5. The molecule has 0 radical (unpaired) electrons. The molecule has 1 N–H and O–H groups in total. The van der Waals surface area contributed by atoms with Crippen molar-refractivity contribution in [3.8, 4) is 6.07 Å². The van der Waals surface area contributed by atoms with Crippen LogP contribution in [0, 0.1) is 27.4 Å². The van der Waals surface area contributed by atoms with Gasteiger partial charge < -0.3 is 5.32 Å². The van der Waals surface area contributed by atoms with E-state index in [1.54, 1.807) is 0 Å². The Morgan fingerprint density at radius 1 is 1.68 bits per heavy atom. The number of amides is 1. The van der Waals surface area contributed by atoms with Crippen molar-refractivity contribution in [2.75, 3.05) is 0 Å². The van der Waals surface area contributed by atoms with Gasteiger partial charge in [-0.15, -0.1) is 0 Å². The Morgan fingerprint density at radius 3 is 2.89 bits per heavy atom. The van der Waals surface area contributed by atoms with Gasteiger partial charge in [0.15, 0.2) is 0 Å². The van der Waals surface area contributed by atoms with Crippen molar-refractivity contribution in [2.45, 2.75) is 18.9 Å². The molecule has 1 heterocycles. The van der Waals surface area contributed by atoms with Crippen LogP contribution in [0.5, 0.6) is 0 Å². The Kier molecular flexibility index (Phi) is 3.62. The first-order valence-electron chi connectivity index (χ1n) is 5.54. The second-order valence-corrected chi connectivity index (χ2v) is 4.53. The van der Waals surface area contributed by atoms with E-state index in [-0.39, 0.29) is 16.6 Å². The van der Waals surface area contributed by atoms with Crippen molar-refractivity contribution in [3.05, 3.63) is 33.1 Å². The van der Waals surface area contributed by atoms with Crippen LogP contribution in [-0.4, -0.2) is 21.9 Å². The Hall–Kier alpha value is -2.20. The molecular weight excluding hydrogens is 272 g/mol. The summed E-state index contributed by atoms with van der Waals surface area (Å²) in [6.45, 7) is 0. The summed E-state index contributed by atoms with van der Waals surface area (Å²) in [7, 11) is 0. The van der Waals surface area contributed by atoms with E-state index in [2.05, 4.69) is 10.3 Å². The van der Waals surface area contributed by atoms with Crippen molar-refractivity contribution < 1.29 is 9.72 Å². The molecule has 19 heavy (non-hydrogen) atoms. The van der Waals surface area contributed by atoms with Crippen LogP contribution in [0.25, 0.3) is 0 Å². The number of nitriles is 1. The van der Waals surface area contributed by atoms with Crippen LogP contribution in [0.3, 0.4) is 0 Å². The molecule has 1 aliphatic rings. The fraction of sp³-hybridized carbons (Fsp3) is 0.364. The van der Waals surface area contributed by atoms with Crippen molar-refractivity contribution in [3.63, 3.8) is 0 Å². The molecule has 1 aliphatic carbocycles. The van der Waals surface area contributed by atoms with E-state index in [0.717, 1.165) is 12.8 Å². The molecule has 0 aromatic carbocycles. The maximum Gasteiger partial charge on any atom is 0.319 e. The number of rotatable bonds is 4. The van der Waals surface area contributed by atoms with Gasteiger partial charge in [0.2, 0.25) is 5.15 Å². The smallest absolute Gasteiger partial charge is 0.319 e. The second kappa shape index (κ2) is 5.20. The molecule has 1 atom stereocenters. The van der Waals surface area contributed by atoms with Gasteiger partial charge in [-0.1, -0.05) is 11.6 Å².